The van der Waals surface area contributed by atoms with Crippen LogP contribution in [0.3, 0.4) is 0 Å². The fourth-order valence-corrected chi connectivity index (χ4v) is 3.10. The molecule has 0 aliphatic carbocycles. The highest BCUT2D eigenvalue weighted by Gasteiger charge is 2.29. The van der Waals surface area contributed by atoms with Crippen molar-refractivity contribution >= 4 is 24.1 Å². The summed E-state index contributed by atoms with van der Waals surface area (Å²) in [6.45, 7) is 21.8. The molecular formula is C30H59N3O9. The van der Waals surface area contributed by atoms with E-state index in [0.29, 0.717) is 32.2 Å². The number of nitrogens with one attached hydrogen (secondary N) is 2. The van der Waals surface area contributed by atoms with E-state index in [-0.39, 0.29) is 6.61 Å². The molecule has 12 heteroatoms. The van der Waals surface area contributed by atoms with E-state index in [1.54, 1.807) is 83.1 Å². The minimum absolute atomic E-state index is 0.0491. The quantitative estimate of drug-likeness (QED) is 0.138. The summed E-state index contributed by atoms with van der Waals surface area (Å²) in [6.07, 6.45) is 2.30. The third-order valence-electron chi connectivity index (χ3n) is 4.61. The maximum absolute atomic E-state index is 12.1. The van der Waals surface area contributed by atoms with E-state index in [1.807, 2.05) is 0 Å². The Hall–Kier alpha value is -2.60. The van der Waals surface area contributed by atoms with Gasteiger partial charge in [-0.2, -0.15) is 0 Å². The number of rotatable bonds is 12. The maximum Gasteiger partial charge on any atom is 0.408 e. The molecule has 0 saturated heterocycles. The molecule has 42 heavy (non-hydrogen) atoms. The van der Waals surface area contributed by atoms with E-state index < -0.39 is 58.6 Å². The number of aliphatic hydroxyl groups is 1. The minimum Gasteiger partial charge on any atom is -0.458 e. The molecule has 12 nitrogen and oxygen atoms in total. The fraction of sp³-hybridized carbons (Fsp3) is 0.867. The summed E-state index contributed by atoms with van der Waals surface area (Å²) < 4.78 is 20.9. The molecule has 0 unspecified atom stereocenters. The van der Waals surface area contributed by atoms with Crippen LogP contribution in [0.15, 0.2) is 0 Å². The smallest absolute Gasteiger partial charge is 0.408 e. The standard InChI is InChI=1S/C15H30N2O4.C15H29NO5/c1-14(2,3)20-12(18)11(9-7-8-10-16)17-13(19)21-15(4,5)6;1-14(2,3)20-12(18)11(9-7-8-10-17)16-13(19)21-15(4,5)6/h11H,7-10,16H2,1-6H3,(H,17,19);11,17H,7-10H2,1-6H3,(H,16,19)/t2*11-/m00/s1. The zero-order valence-electron chi connectivity index (χ0n) is 28.1. The monoisotopic (exact) mass is 605 g/mol. The largest absolute Gasteiger partial charge is 0.458 e. The summed E-state index contributed by atoms with van der Waals surface area (Å²) in [4.78, 5) is 47.8. The van der Waals surface area contributed by atoms with Crippen LogP contribution < -0.4 is 16.4 Å². The molecule has 0 spiro atoms. The molecule has 0 aromatic carbocycles. The van der Waals surface area contributed by atoms with Crippen LogP contribution in [0.4, 0.5) is 9.59 Å². The van der Waals surface area contributed by atoms with Crippen LogP contribution in [0.5, 0.6) is 0 Å². The van der Waals surface area contributed by atoms with Crippen LogP contribution >= 0.6 is 0 Å². The maximum atomic E-state index is 12.1. The molecule has 0 fully saturated rings. The van der Waals surface area contributed by atoms with Gasteiger partial charge in [0.1, 0.15) is 34.5 Å². The Morgan fingerprint density at radius 1 is 0.571 bits per heavy atom. The number of carbonyl (C=O) groups is 4. The average Bonchev–Trinajstić information content (AvgIpc) is 2.73. The van der Waals surface area contributed by atoms with Gasteiger partial charge in [-0.15, -0.1) is 0 Å². The van der Waals surface area contributed by atoms with Gasteiger partial charge in [-0.05, 0) is 128 Å². The summed E-state index contributed by atoms with van der Waals surface area (Å²) in [5.41, 5.74) is 2.98. The molecule has 0 aliphatic rings. The van der Waals surface area contributed by atoms with Gasteiger partial charge in [0, 0.05) is 6.61 Å². The van der Waals surface area contributed by atoms with Crippen molar-refractivity contribution in [1.82, 2.24) is 10.6 Å². The van der Waals surface area contributed by atoms with Crippen molar-refractivity contribution in [2.45, 2.75) is 156 Å². The topological polar surface area (TPSA) is 176 Å². The Bertz CT molecular complexity index is 752. The van der Waals surface area contributed by atoms with E-state index >= 15 is 0 Å². The molecule has 5 N–H and O–H groups in total. The Morgan fingerprint density at radius 2 is 0.881 bits per heavy atom. The van der Waals surface area contributed by atoms with E-state index in [4.69, 9.17) is 29.8 Å². The Labute approximate surface area is 253 Å². The van der Waals surface area contributed by atoms with Crippen LogP contribution in [-0.2, 0) is 28.5 Å². The lowest BCUT2D eigenvalue weighted by atomic mass is 10.1. The number of amides is 2. The van der Waals surface area contributed by atoms with E-state index in [9.17, 15) is 19.2 Å². The number of unbranched alkanes of at least 4 members (excludes halogenated alkanes) is 2. The van der Waals surface area contributed by atoms with E-state index in [0.717, 1.165) is 12.8 Å². The van der Waals surface area contributed by atoms with Gasteiger partial charge in [-0.25, -0.2) is 19.2 Å². The second-order valence-electron chi connectivity index (χ2n) is 14.0. The number of aliphatic hydroxyl groups excluding tert-OH is 1. The molecule has 248 valence electrons. The van der Waals surface area contributed by atoms with Crippen molar-refractivity contribution in [2.24, 2.45) is 5.73 Å². The van der Waals surface area contributed by atoms with Gasteiger partial charge >= 0.3 is 24.1 Å². The van der Waals surface area contributed by atoms with Gasteiger partial charge in [0.2, 0.25) is 0 Å². The lowest BCUT2D eigenvalue weighted by Gasteiger charge is -2.26. The average molecular weight is 606 g/mol. The van der Waals surface area contributed by atoms with Gasteiger partial charge in [0.15, 0.2) is 0 Å². The third-order valence-corrected chi connectivity index (χ3v) is 4.61. The first-order valence-electron chi connectivity index (χ1n) is 14.6. The summed E-state index contributed by atoms with van der Waals surface area (Å²) in [7, 11) is 0. The molecule has 2 amide bonds. The first kappa shape index (κ1) is 41.5. The minimum atomic E-state index is -0.773. The Morgan fingerprint density at radius 3 is 1.14 bits per heavy atom. The predicted octanol–water partition coefficient (Wildman–Crippen LogP) is 4.73. The van der Waals surface area contributed by atoms with Gasteiger partial charge in [0.25, 0.3) is 0 Å². The van der Waals surface area contributed by atoms with Gasteiger partial charge in [-0.3, -0.25) is 0 Å². The first-order valence-corrected chi connectivity index (χ1v) is 14.6. The zero-order chi connectivity index (χ0) is 33.4. The molecule has 0 bridgehead atoms. The van der Waals surface area contributed by atoms with Crippen LogP contribution in [0.25, 0.3) is 0 Å². The third kappa shape index (κ3) is 26.3. The second-order valence-corrected chi connectivity index (χ2v) is 14.0. The molecule has 0 heterocycles. The molecule has 0 aliphatic heterocycles. The number of carbonyl (C=O) groups excluding carboxylic acids is 4. The molecule has 0 aromatic rings. The summed E-state index contributed by atoms with van der Waals surface area (Å²) in [5.74, 6) is -0.948. The number of hydrogen-bond acceptors (Lipinski definition) is 10. The zero-order valence-corrected chi connectivity index (χ0v) is 28.1. The van der Waals surface area contributed by atoms with Gasteiger partial charge in [0.05, 0.1) is 0 Å². The number of hydrogen-bond donors (Lipinski definition) is 4. The number of alkyl carbamates (subject to hydrolysis) is 2. The fourth-order valence-electron chi connectivity index (χ4n) is 3.10. The Kier molecular flexibility index (Phi) is 18.6. The predicted molar refractivity (Wildman–Crippen MR) is 162 cm³/mol. The highest BCUT2D eigenvalue weighted by molar-refractivity contribution is 5.82. The van der Waals surface area contributed by atoms with Crippen LogP contribution in [-0.4, -0.2) is 76.9 Å². The van der Waals surface area contributed by atoms with E-state index in [2.05, 4.69) is 10.6 Å². The van der Waals surface area contributed by atoms with Crippen LogP contribution in [0, 0.1) is 0 Å². The summed E-state index contributed by atoms with van der Waals surface area (Å²) in [6, 6.07) is -1.49. The van der Waals surface area contributed by atoms with Crippen molar-refractivity contribution < 1.29 is 43.2 Å². The SMILES string of the molecule is CC(C)(C)OC(=O)N[C@@H](CCCCN)C(=O)OC(C)(C)C.CC(C)(C)OC(=O)N[C@@H](CCCCO)C(=O)OC(C)(C)C. The highest BCUT2D eigenvalue weighted by atomic mass is 16.6. The highest BCUT2D eigenvalue weighted by Crippen LogP contribution is 2.14. The van der Waals surface area contributed by atoms with E-state index in [1.165, 1.54) is 0 Å². The van der Waals surface area contributed by atoms with Gasteiger partial charge in [-0.1, -0.05) is 0 Å². The summed E-state index contributed by atoms with van der Waals surface area (Å²) >= 11 is 0. The normalized spacial score (nSPS) is 13.5. The Balaban J connectivity index is 0. The number of ether oxygens (including phenoxy) is 4. The van der Waals surface area contributed by atoms with Gasteiger partial charge < -0.3 is 40.4 Å². The summed E-state index contributed by atoms with van der Waals surface area (Å²) in [5, 5.41) is 13.9. The number of esters is 2. The second kappa shape index (κ2) is 18.8. The molecular weight excluding hydrogens is 546 g/mol. The van der Waals surface area contributed by atoms with Crippen molar-refractivity contribution in [3.05, 3.63) is 0 Å². The van der Waals surface area contributed by atoms with Crippen molar-refractivity contribution in [2.75, 3.05) is 13.2 Å². The molecule has 0 radical (unpaired) electrons. The molecule has 2 atom stereocenters. The van der Waals surface area contributed by atoms with Crippen molar-refractivity contribution in [3.63, 3.8) is 0 Å². The molecule has 0 saturated carbocycles. The number of nitrogens with two attached hydrogens (primary N) is 1. The molecule has 0 aromatic heterocycles. The first-order chi connectivity index (χ1) is 18.9. The lowest BCUT2D eigenvalue weighted by Crippen LogP contribution is -2.46. The molecule has 0 rings (SSSR count). The van der Waals surface area contributed by atoms with Crippen LogP contribution in [0.1, 0.15) is 122 Å². The van der Waals surface area contributed by atoms with Crippen molar-refractivity contribution in [3.8, 4) is 0 Å². The van der Waals surface area contributed by atoms with Crippen LogP contribution in [0.2, 0.25) is 0 Å². The lowest BCUT2D eigenvalue weighted by molar-refractivity contribution is -0.158. The van der Waals surface area contributed by atoms with Crippen molar-refractivity contribution in [1.29, 1.82) is 0 Å².